The summed E-state index contributed by atoms with van der Waals surface area (Å²) in [5.74, 6) is 0. The number of pyridine rings is 1. The second-order valence-corrected chi connectivity index (χ2v) is 3.35. The van der Waals surface area contributed by atoms with E-state index in [2.05, 4.69) is 20.9 Å². The number of nitrogens with zero attached hydrogens (tertiary/aromatic N) is 1. The van der Waals surface area contributed by atoms with Gasteiger partial charge in [-0.25, -0.2) is 4.98 Å². The molecule has 1 N–H and O–H groups in total. The minimum atomic E-state index is -0.294. The molecule has 0 radical (unpaired) electrons. The molecule has 2 nitrogen and oxygen atoms in total. The van der Waals surface area contributed by atoms with Gasteiger partial charge in [-0.05, 0) is 40.9 Å². The normalized spacial score (nSPS) is 13.0. The maximum absolute atomic E-state index is 9.04. The lowest BCUT2D eigenvalue weighted by Gasteiger charge is -2.02. The summed E-state index contributed by atoms with van der Waals surface area (Å²) in [7, 11) is 0. The molecule has 0 fully saturated rings. The van der Waals surface area contributed by atoms with Crippen LogP contribution in [0.15, 0.2) is 22.9 Å². The monoisotopic (exact) mass is 215 g/mol. The largest absolute Gasteiger partial charge is 0.393 e. The highest BCUT2D eigenvalue weighted by Crippen LogP contribution is 2.07. The van der Waals surface area contributed by atoms with Gasteiger partial charge in [0.1, 0.15) is 4.60 Å². The zero-order chi connectivity index (χ0) is 8.27. The number of aliphatic hydroxyl groups is 1. The fourth-order valence-corrected chi connectivity index (χ4v) is 1.10. The maximum Gasteiger partial charge on any atom is 0.106 e. The van der Waals surface area contributed by atoms with Crippen molar-refractivity contribution in [1.29, 1.82) is 0 Å². The van der Waals surface area contributed by atoms with E-state index in [1.165, 1.54) is 0 Å². The van der Waals surface area contributed by atoms with E-state index in [0.717, 1.165) is 10.2 Å². The standard InChI is InChI=1S/C8H10BrNO/c1-6(11)4-7-2-3-8(9)10-5-7/h2-3,5-6,11H,4H2,1H3. The molecule has 1 heterocycles. The van der Waals surface area contributed by atoms with Crippen molar-refractivity contribution < 1.29 is 5.11 Å². The summed E-state index contributed by atoms with van der Waals surface area (Å²) < 4.78 is 0.826. The number of aliphatic hydroxyl groups excluding tert-OH is 1. The van der Waals surface area contributed by atoms with Crippen molar-refractivity contribution in [2.75, 3.05) is 0 Å². The Bertz CT molecular complexity index is 220. The molecular weight excluding hydrogens is 206 g/mol. The molecule has 1 aromatic heterocycles. The third-order valence-electron chi connectivity index (χ3n) is 1.32. The molecule has 0 saturated carbocycles. The molecule has 1 atom stereocenters. The molecule has 0 aromatic carbocycles. The van der Waals surface area contributed by atoms with Crippen molar-refractivity contribution in [3.63, 3.8) is 0 Å². The van der Waals surface area contributed by atoms with E-state index in [9.17, 15) is 0 Å². The quantitative estimate of drug-likeness (QED) is 0.764. The predicted octanol–water partition coefficient (Wildman–Crippen LogP) is 1.77. The van der Waals surface area contributed by atoms with Crippen molar-refractivity contribution >= 4 is 15.9 Å². The van der Waals surface area contributed by atoms with Crippen LogP contribution in [0.1, 0.15) is 12.5 Å². The smallest absolute Gasteiger partial charge is 0.106 e. The van der Waals surface area contributed by atoms with Crippen molar-refractivity contribution in [3.05, 3.63) is 28.5 Å². The van der Waals surface area contributed by atoms with Gasteiger partial charge in [0.25, 0.3) is 0 Å². The van der Waals surface area contributed by atoms with Gasteiger partial charge in [-0.2, -0.15) is 0 Å². The Morgan fingerprint density at radius 1 is 1.64 bits per heavy atom. The zero-order valence-corrected chi connectivity index (χ0v) is 7.87. The summed E-state index contributed by atoms with van der Waals surface area (Å²) in [6.07, 6.45) is 2.13. The topological polar surface area (TPSA) is 33.1 Å². The average Bonchev–Trinajstić information content (AvgIpc) is 1.93. The highest BCUT2D eigenvalue weighted by Gasteiger charge is 1.98. The summed E-state index contributed by atoms with van der Waals surface area (Å²) in [6.45, 7) is 1.77. The molecule has 0 aliphatic carbocycles. The summed E-state index contributed by atoms with van der Waals surface area (Å²) in [6, 6.07) is 3.82. The summed E-state index contributed by atoms with van der Waals surface area (Å²) >= 11 is 3.24. The second-order valence-electron chi connectivity index (χ2n) is 2.54. The number of hydrogen-bond acceptors (Lipinski definition) is 2. The van der Waals surface area contributed by atoms with Crippen LogP contribution in [0, 0.1) is 0 Å². The van der Waals surface area contributed by atoms with Crippen molar-refractivity contribution in [2.45, 2.75) is 19.4 Å². The first-order valence-corrected chi connectivity index (χ1v) is 4.26. The molecule has 1 aromatic rings. The van der Waals surface area contributed by atoms with E-state index in [4.69, 9.17) is 5.11 Å². The molecule has 0 saturated heterocycles. The van der Waals surface area contributed by atoms with Gasteiger partial charge in [0.05, 0.1) is 6.10 Å². The lowest BCUT2D eigenvalue weighted by atomic mass is 10.1. The van der Waals surface area contributed by atoms with Crippen LogP contribution in [-0.2, 0) is 6.42 Å². The van der Waals surface area contributed by atoms with E-state index >= 15 is 0 Å². The molecule has 0 amide bonds. The molecule has 3 heteroatoms. The maximum atomic E-state index is 9.04. The number of aromatic nitrogens is 1. The first kappa shape index (κ1) is 8.68. The second kappa shape index (κ2) is 3.83. The molecule has 1 rings (SSSR count). The van der Waals surface area contributed by atoms with E-state index in [-0.39, 0.29) is 6.10 Å². The van der Waals surface area contributed by atoms with Crippen LogP contribution in [0.5, 0.6) is 0 Å². The molecule has 0 spiro atoms. The fraction of sp³-hybridized carbons (Fsp3) is 0.375. The van der Waals surface area contributed by atoms with Crippen molar-refractivity contribution in [2.24, 2.45) is 0 Å². The summed E-state index contributed by atoms with van der Waals surface area (Å²) in [5, 5.41) is 9.04. The Hall–Kier alpha value is -0.410. The van der Waals surface area contributed by atoms with Gasteiger partial charge >= 0.3 is 0 Å². The number of halogens is 1. The van der Waals surface area contributed by atoms with Crippen LogP contribution in [0.2, 0.25) is 0 Å². The zero-order valence-electron chi connectivity index (χ0n) is 6.29. The van der Waals surface area contributed by atoms with E-state index in [1.807, 2.05) is 12.1 Å². The van der Waals surface area contributed by atoms with Crippen LogP contribution >= 0.6 is 15.9 Å². The van der Waals surface area contributed by atoms with Gasteiger partial charge in [0.15, 0.2) is 0 Å². The highest BCUT2D eigenvalue weighted by atomic mass is 79.9. The van der Waals surface area contributed by atoms with Crippen molar-refractivity contribution in [3.8, 4) is 0 Å². The molecule has 1 unspecified atom stereocenters. The summed E-state index contributed by atoms with van der Waals surface area (Å²) in [4.78, 5) is 4.04. The van der Waals surface area contributed by atoms with Gasteiger partial charge < -0.3 is 5.11 Å². The van der Waals surface area contributed by atoms with E-state index in [0.29, 0.717) is 6.42 Å². The lowest BCUT2D eigenvalue weighted by molar-refractivity contribution is 0.195. The average molecular weight is 216 g/mol. The van der Waals surface area contributed by atoms with Gasteiger partial charge in [0, 0.05) is 6.20 Å². The molecule has 0 bridgehead atoms. The van der Waals surface area contributed by atoms with Gasteiger partial charge in [-0.3, -0.25) is 0 Å². The third-order valence-corrected chi connectivity index (χ3v) is 1.79. The first-order valence-electron chi connectivity index (χ1n) is 3.47. The number of hydrogen-bond donors (Lipinski definition) is 1. The minimum Gasteiger partial charge on any atom is -0.393 e. The Kier molecular flexibility index (Phi) is 3.02. The van der Waals surface area contributed by atoms with Gasteiger partial charge in [0.2, 0.25) is 0 Å². The van der Waals surface area contributed by atoms with Gasteiger partial charge in [-0.15, -0.1) is 0 Å². The van der Waals surface area contributed by atoms with Crippen LogP contribution in [0.4, 0.5) is 0 Å². The Balaban J connectivity index is 2.66. The lowest BCUT2D eigenvalue weighted by Crippen LogP contribution is -2.04. The number of rotatable bonds is 2. The van der Waals surface area contributed by atoms with Crippen molar-refractivity contribution in [1.82, 2.24) is 4.98 Å². The fourth-order valence-electron chi connectivity index (χ4n) is 0.868. The van der Waals surface area contributed by atoms with E-state index in [1.54, 1.807) is 13.1 Å². The summed E-state index contributed by atoms with van der Waals surface area (Å²) in [5.41, 5.74) is 1.06. The molecule has 60 valence electrons. The minimum absolute atomic E-state index is 0.294. The Morgan fingerprint density at radius 2 is 2.36 bits per heavy atom. The van der Waals surface area contributed by atoms with Crippen LogP contribution in [0.3, 0.4) is 0 Å². The first-order chi connectivity index (χ1) is 5.18. The third kappa shape index (κ3) is 2.99. The van der Waals surface area contributed by atoms with Crippen LogP contribution in [-0.4, -0.2) is 16.2 Å². The Morgan fingerprint density at radius 3 is 2.82 bits per heavy atom. The predicted molar refractivity (Wildman–Crippen MR) is 47.3 cm³/mol. The Labute approximate surface area is 74.4 Å². The molecular formula is C8H10BrNO. The van der Waals surface area contributed by atoms with E-state index < -0.39 is 0 Å². The molecule has 0 aliphatic rings. The van der Waals surface area contributed by atoms with Crippen LogP contribution < -0.4 is 0 Å². The molecule has 0 aliphatic heterocycles. The SMILES string of the molecule is CC(O)Cc1ccc(Br)nc1. The highest BCUT2D eigenvalue weighted by molar-refractivity contribution is 9.10. The van der Waals surface area contributed by atoms with Crippen LogP contribution in [0.25, 0.3) is 0 Å². The molecule has 11 heavy (non-hydrogen) atoms. The van der Waals surface area contributed by atoms with Gasteiger partial charge in [-0.1, -0.05) is 6.07 Å².